The summed E-state index contributed by atoms with van der Waals surface area (Å²) in [5.41, 5.74) is 2.94. The molecule has 1 fully saturated rings. The number of nitrogens with zero attached hydrogens (tertiary/aromatic N) is 3. The lowest BCUT2D eigenvalue weighted by Crippen LogP contribution is -2.35. The molecule has 1 aliphatic heterocycles. The predicted molar refractivity (Wildman–Crippen MR) is 128 cm³/mol. The number of ether oxygens (including phenoxy) is 1. The summed E-state index contributed by atoms with van der Waals surface area (Å²) in [7, 11) is -3.50. The third kappa shape index (κ3) is 4.89. The second-order valence-corrected chi connectivity index (χ2v) is 9.98. The average Bonchev–Trinajstić information content (AvgIpc) is 3.20. The molecule has 1 aromatic heterocycles. The fourth-order valence-corrected chi connectivity index (χ4v) is 5.72. The molecule has 2 heterocycles. The molecule has 0 radical (unpaired) electrons. The van der Waals surface area contributed by atoms with Crippen LogP contribution in [0, 0.1) is 0 Å². The maximum Gasteiger partial charge on any atom is 0.338 e. The Labute approximate surface area is 194 Å². The topological polar surface area (TPSA) is 93.5 Å². The van der Waals surface area contributed by atoms with E-state index in [4.69, 9.17) is 9.72 Å². The number of aromatic nitrogens is 2. The molecule has 0 saturated carbocycles. The number of nitrogens with one attached hydrogen (secondary N) is 1. The highest BCUT2D eigenvalue weighted by molar-refractivity contribution is 7.89. The molecule has 2 aromatic carbocycles. The molecule has 0 atom stereocenters. The van der Waals surface area contributed by atoms with Gasteiger partial charge in [-0.3, -0.25) is 0 Å². The van der Waals surface area contributed by atoms with Crippen LogP contribution in [-0.2, 0) is 27.8 Å². The highest BCUT2D eigenvalue weighted by Crippen LogP contribution is 2.25. The number of esters is 1. The van der Waals surface area contributed by atoms with Gasteiger partial charge in [0.05, 0.1) is 34.6 Å². The number of anilines is 1. The number of benzene rings is 2. The molecule has 0 amide bonds. The molecule has 1 saturated heterocycles. The zero-order valence-electron chi connectivity index (χ0n) is 19.1. The van der Waals surface area contributed by atoms with Gasteiger partial charge in [0.15, 0.2) is 0 Å². The van der Waals surface area contributed by atoms with Gasteiger partial charge in [0.25, 0.3) is 0 Å². The smallest absolute Gasteiger partial charge is 0.338 e. The molecular formula is C24H30N4O4S. The second kappa shape index (κ2) is 9.93. The number of hydrogen-bond donors (Lipinski definition) is 1. The van der Waals surface area contributed by atoms with E-state index in [1.165, 1.54) is 0 Å². The predicted octanol–water partition coefficient (Wildman–Crippen LogP) is 4.02. The Kier molecular flexibility index (Phi) is 6.99. The van der Waals surface area contributed by atoms with Crippen molar-refractivity contribution < 1.29 is 17.9 Å². The van der Waals surface area contributed by atoms with Crippen molar-refractivity contribution in [3.63, 3.8) is 0 Å². The Morgan fingerprint density at radius 1 is 1.06 bits per heavy atom. The number of rotatable bonds is 8. The van der Waals surface area contributed by atoms with Crippen LogP contribution in [0.1, 0.15) is 49.3 Å². The van der Waals surface area contributed by atoms with Crippen molar-refractivity contribution in [2.24, 2.45) is 0 Å². The Balaban J connectivity index is 1.54. The highest BCUT2D eigenvalue weighted by atomic mass is 32.2. The standard InChI is InChI=1S/C24H30N4O4S/c1-3-28-22-13-12-20(33(30,31)27-14-6-5-7-15-27)16-21(22)26-23(28)17-25-19-10-8-18(9-11-19)24(29)32-4-2/h8-13,16,25H,3-7,14-15,17H2,1-2H3. The van der Waals surface area contributed by atoms with E-state index in [-0.39, 0.29) is 5.97 Å². The molecule has 3 aromatic rings. The van der Waals surface area contributed by atoms with E-state index in [2.05, 4.69) is 9.88 Å². The molecule has 176 valence electrons. The van der Waals surface area contributed by atoms with Crippen LogP contribution in [-0.4, -0.2) is 47.9 Å². The summed E-state index contributed by atoms with van der Waals surface area (Å²) >= 11 is 0. The summed E-state index contributed by atoms with van der Waals surface area (Å²) in [4.78, 5) is 16.8. The van der Waals surface area contributed by atoms with Crippen LogP contribution >= 0.6 is 0 Å². The molecule has 0 spiro atoms. The van der Waals surface area contributed by atoms with E-state index in [1.54, 1.807) is 35.5 Å². The van der Waals surface area contributed by atoms with Crippen LogP contribution in [0.15, 0.2) is 47.4 Å². The van der Waals surface area contributed by atoms with E-state index in [0.717, 1.165) is 36.3 Å². The molecule has 0 unspecified atom stereocenters. The van der Waals surface area contributed by atoms with Crippen molar-refractivity contribution in [3.8, 4) is 0 Å². The van der Waals surface area contributed by atoms with Crippen molar-refractivity contribution in [2.75, 3.05) is 25.0 Å². The first-order valence-corrected chi connectivity index (χ1v) is 12.9. The molecule has 33 heavy (non-hydrogen) atoms. The SMILES string of the molecule is CCOC(=O)c1ccc(NCc2nc3cc(S(=O)(=O)N4CCCCC4)ccc3n2CC)cc1. The minimum atomic E-state index is -3.50. The van der Waals surface area contributed by atoms with Crippen LogP contribution < -0.4 is 5.32 Å². The monoisotopic (exact) mass is 470 g/mol. The number of carbonyl (C=O) groups excluding carboxylic acids is 1. The number of piperidine rings is 1. The normalized spacial score (nSPS) is 15.0. The van der Waals surface area contributed by atoms with Gasteiger partial charge in [-0.1, -0.05) is 6.42 Å². The maximum absolute atomic E-state index is 13.1. The van der Waals surface area contributed by atoms with Gasteiger partial charge in [0, 0.05) is 25.3 Å². The van der Waals surface area contributed by atoms with Gasteiger partial charge < -0.3 is 14.6 Å². The largest absolute Gasteiger partial charge is 0.462 e. The summed E-state index contributed by atoms with van der Waals surface area (Å²) in [5, 5.41) is 3.33. The Bertz CT molecular complexity index is 1230. The van der Waals surface area contributed by atoms with Gasteiger partial charge in [0.2, 0.25) is 10.0 Å². The third-order valence-corrected chi connectivity index (χ3v) is 7.81. The van der Waals surface area contributed by atoms with Crippen molar-refractivity contribution in [1.82, 2.24) is 13.9 Å². The van der Waals surface area contributed by atoms with E-state index >= 15 is 0 Å². The summed E-state index contributed by atoms with van der Waals surface area (Å²) in [6.45, 7) is 6.49. The maximum atomic E-state index is 13.1. The quantitative estimate of drug-likeness (QED) is 0.500. The van der Waals surface area contributed by atoms with E-state index in [9.17, 15) is 13.2 Å². The van der Waals surface area contributed by atoms with Crippen molar-refractivity contribution >= 4 is 32.7 Å². The van der Waals surface area contributed by atoms with Crippen LogP contribution in [0.25, 0.3) is 11.0 Å². The van der Waals surface area contributed by atoms with Gasteiger partial charge >= 0.3 is 5.97 Å². The molecule has 0 aliphatic carbocycles. The average molecular weight is 471 g/mol. The van der Waals surface area contributed by atoms with E-state index in [1.807, 2.05) is 25.1 Å². The van der Waals surface area contributed by atoms with Gasteiger partial charge in [-0.05, 0) is 69.2 Å². The zero-order chi connectivity index (χ0) is 23.4. The first-order chi connectivity index (χ1) is 15.9. The first-order valence-electron chi connectivity index (χ1n) is 11.4. The first kappa shape index (κ1) is 23.3. The van der Waals surface area contributed by atoms with E-state index in [0.29, 0.717) is 48.8 Å². The van der Waals surface area contributed by atoms with Gasteiger partial charge in [-0.25, -0.2) is 18.2 Å². The highest BCUT2D eigenvalue weighted by Gasteiger charge is 2.26. The fraction of sp³-hybridized carbons (Fsp3) is 0.417. The van der Waals surface area contributed by atoms with Gasteiger partial charge in [0.1, 0.15) is 5.82 Å². The van der Waals surface area contributed by atoms with Crippen LogP contribution in [0.5, 0.6) is 0 Å². The second-order valence-electron chi connectivity index (χ2n) is 8.04. The Morgan fingerprint density at radius 2 is 1.79 bits per heavy atom. The Morgan fingerprint density at radius 3 is 2.45 bits per heavy atom. The summed E-state index contributed by atoms with van der Waals surface area (Å²) in [5.74, 6) is 0.474. The molecule has 1 N–H and O–H groups in total. The molecule has 0 bridgehead atoms. The molecule has 4 rings (SSSR count). The molecular weight excluding hydrogens is 440 g/mol. The van der Waals surface area contributed by atoms with Gasteiger partial charge in [-0.15, -0.1) is 0 Å². The number of sulfonamides is 1. The van der Waals surface area contributed by atoms with Crippen molar-refractivity contribution in [1.29, 1.82) is 0 Å². The minimum absolute atomic E-state index is 0.298. The summed E-state index contributed by atoms with van der Waals surface area (Å²) in [6.07, 6.45) is 2.89. The summed E-state index contributed by atoms with van der Waals surface area (Å²) in [6, 6.07) is 12.3. The van der Waals surface area contributed by atoms with Crippen LogP contribution in [0.2, 0.25) is 0 Å². The molecule has 9 heteroatoms. The van der Waals surface area contributed by atoms with Crippen LogP contribution in [0.4, 0.5) is 5.69 Å². The number of imidazole rings is 1. The van der Waals surface area contributed by atoms with Gasteiger partial charge in [-0.2, -0.15) is 4.31 Å². The molecule has 1 aliphatic rings. The number of carbonyl (C=O) groups is 1. The lowest BCUT2D eigenvalue weighted by atomic mass is 10.2. The van der Waals surface area contributed by atoms with Crippen LogP contribution in [0.3, 0.4) is 0 Å². The number of fused-ring (bicyclic) bond motifs is 1. The number of aryl methyl sites for hydroxylation is 1. The van der Waals surface area contributed by atoms with Crippen molar-refractivity contribution in [3.05, 3.63) is 53.9 Å². The zero-order valence-corrected chi connectivity index (χ0v) is 19.9. The van der Waals surface area contributed by atoms with E-state index < -0.39 is 10.0 Å². The lowest BCUT2D eigenvalue weighted by molar-refractivity contribution is 0.0526. The lowest BCUT2D eigenvalue weighted by Gasteiger charge is -2.25. The number of hydrogen-bond acceptors (Lipinski definition) is 6. The fourth-order valence-electron chi connectivity index (χ4n) is 4.18. The Hall–Kier alpha value is -2.91. The minimum Gasteiger partial charge on any atom is -0.462 e. The molecule has 8 nitrogen and oxygen atoms in total. The summed E-state index contributed by atoms with van der Waals surface area (Å²) < 4.78 is 34.8. The third-order valence-electron chi connectivity index (χ3n) is 5.91. The van der Waals surface area contributed by atoms with Crippen molar-refractivity contribution in [2.45, 2.75) is 51.1 Å².